The first-order valence-corrected chi connectivity index (χ1v) is 5.10. The molecule has 0 fully saturated rings. The van der Waals surface area contributed by atoms with Crippen LogP contribution in [0.15, 0.2) is 0 Å². The lowest BCUT2D eigenvalue weighted by Gasteiger charge is -2.00. The van der Waals surface area contributed by atoms with Crippen LogP contribution in [0, 0.1) is 0 Å². The molecule has 0 aromatic rings. The maximum atomic E-state index is 10.4. The van der Waals surface area contributed by atoms with Gasteiger partial charge in [-0.2, -0.15) is 0 Å². The summed E-state index contributed by atoms with van der Waals surface area (Å²) in [5, 5.41) is 0. The van der Waals surface area contributed by atoms with Gasteiger partial charge >= 0.3 is 5.97 Å². The van der Waals surface area contributed by atoms with Crippen molar-refractivity contribution in [2.45, 2.75) is 0 Å². The van der Waals surface area contributed by atoms with Crippen LogP contribution in [0.5, 0.6) is 0 Å². The van der Waals surface area contributed by atoms with Crippen molar-refractivity contribution in [2.75, 3.05) is 19.5 Å². The maximum absolute atomic E-state index is 10.4. The van der Waals surface area contributed by atoms with Gasteiger partial charge in [0.15, 0.2) is 0 Å². The average Bonchev–Trinajstić information content (AvgIpc) is 1.65. The van der Waals surface area contributed by atoms with Crippen LogP contribution in [0.1, 0.15) is 0 Å². The Morgan fingerprint density at radius 3 is 2.38 bits per heavy atom. The summed E-state index contributed by atoms with van der Waals surface area (Å²) in [5.74, 6) is -0.133. The third kappa shape index (κ3) is 4.49. The highest BCUT2D eigenvalue weighted by Gasteiger charge is 2.01. The topological polar surface area (TPSA) is 26.3 Å². The monoisotopic (exact) mass is 152 g/mol. The highest BCUT2D eigenvalue weighted by Crippen LogP contribution is 2.23. The SMILES string of the molecule is CP(C)CC(=O)OP. The van der Waals surface area contributed by atoms with Crippen molar-refractivity contribution in [2.24, 2.45) is 0 Å². The van der Waals surface area contributed by atoms with Crippen molar-refractivity contribution in [1.82, 2.24) is 0 Å². The Labute approximate surface area is 53.0 Å². The van der Waals surface area contributed by atoms with Gasteiger partial charge in [-0.05, 0) is 13.3 Å². The highest BCUT2D eigenvalue weighted by atomic mass is 31.1. The minimum atomic E-state index is -0.134. The van der Waals surface area contributed by atoms with Gasteiger partial charge in [-0.1, -0.05) is 0 Å². The normalized spacial score (nSPS) is 9.50. The van der Waals surface area contributed by atoms with Gasteiger partial charge in [0.05, 0.1) is 15.6 Å². The lowest BCUT2D eigenvalue weighted by atomic mass is 10.8. The van der Waals surface area contributed by atoms with Crippen molar-refractivity contribution >= 4 is 23.4 Å². The number of carbonyl (C=O) groups excluding carboxylic acids is 1. The molecule has 1 atom stereocenters. The third-order valence-corrected chi connectivity index (χ3v) is 1.73. The Kier molecular flexibility index (Phi) is 4.41. The van der Waals surface area contributed by atoms with E-state index in [2.05, 4.69) is 4.52 Å². The molecule has 0 aromatic heterocycles. The molecule has 2 nitrogen and oxygen atoms in total. The molecule has 0 aromatic carbocycles. The van der Waals surface area contributed by atoms with Crippen LogP contribution >= 0.6 is 17.4 Å². The van der Waals surface area contributed by atoms with Gasteiger partial charge in [-0.3, -0.25) is 4.79 Å². The molecule has 0 N–H and O–H groups in total. The van der Waals surface area contributed by atoms with Crippen molar-refractivity contribution in [3.05, 3.63) is 0 Å². The van der Waals surface area contributed by atoms with Crippen LogP contribution < -0.4 is 0 Å². The number of carbonyl (C=O) groups is 1. The molecule has 4 heteroatoms. The molecule has 0 saturated carbocycles. The van der Waals surface area contributed by atoms with Gasteiger partial charge in [-0.15, -0.1) is 7.92 Å². The van der Waals surface area contributed by atoms with Crippen LogP contribution in [0.2, 0.25) is 0 Å². The Bertz CT molecular complexity index is 82.1. The molecule has 48 valence electrons. The smallest absolute Gasteiger partial charge is 0.312 e. The fourth-order valence-electron chi connectivity index (χ4n) is 0.295. The van der Waals surface area contributed by atoms with Gasteiger partial charge in [0.1, 0.15) is 0 Å². The van der Waals surface area contributed by atoms with E-state index >= 15 is 0 Å². The van der Waals surface area contributed by atoms with Gasteiger partial charge in [-0.25, -0.2) is 0 Å². The minimum Gasteiger partial charge on any atom is -0.451 e. The number of hydrogen-bond acceptors (Lipinski definition) is 2. The predicted molar refractivity (Wildman–Crippen MR) is 39.4 cm³/mol. The molecule has 0 aliphatic heterocycles. The van der Waals surface area contributed by atoms with Crippen LogP contribution in [0.4, 0.5) is 0 Å². The fraction of sp³-hybridized carbons (Fsp3) is 0.750. The molecule has 0 bridgehead atoms. The van der Waals surface area contributed by atoms with Crippen LogP contribution in [-0.2, 0) is 9.32 Å². The summed E-state index contributed by atoms with van der Waals surface area (Å²) >= 11 is 0. The second-order valence-electron chi connectivity index (χ2n) is 1.73. The average molecular weight is 152 g/mol. The molecule has 0 rings (SSSR count). The first-order chi connectivity index (χ1) is 3.66. The first kappa shape index (κ1) is 8.33. The summed E-state index contributed by atoms with van der Waals surface area (Å²) in [4.78, 5) is 10.4. The maximum Gasteiger partial charge on any atom is 0.312 e. The zero-order valence-corrected chi connectivity index (χ0v) is 7.10. The zero-order chi connectivity index (χ0) is 6.57. The summed E-state index contributed by atoms with van der Waals surface area (Å²) in [6.07, 6.45) is 0.568. The van der Waals surface area contributed by atoms with Crippen molar-refractivity contribution in [3.63, 3.8) is 0 Å². The van der Waals surface area contributed by atoms with E-state index in [9.17, 15) is 4.79 Å². The first-order valence-electron chi connectivity index (χ1n) is 2.21. The van der Waals surface area contributed by atoms with Crippen molar-refractivity contribution in [1.29, 1.82) is 0 Å². The van der Waals surface area contributed by atoms with E-state index in [1.165, 1.54) is 0 Å². The summed E-state index contributed by atoms with van der Waals surface area (Å²) in [6, 6.07) is 0. The fourth-order valence-corrected chi connectivity index (χ4v) is 1.11. The summed E-state index contributed by atoms with van der Waals surface area (Å²) in [5.41, 5.74) is 0. The molecule has 0 radical (unpaired) electrons. The Morgan fingerprint density at radius 1 is 1.75 bits per heavy atom. The van der Waals surface area contributed by atoms with E-state index in [1.807, 2.05) is 22.8 Å². The van der Waals surface area contributed by atoms with E-state index in [4.69, 9.17) is 0 Å². The molecular weight excluding hydrogens is 142 g/mol. The Morgan fingerprint density at radius 2 is 2.25 bits per heavy atom. The summed E-state index contributed by atoms with van der Waals surface area (Å²) in [7, 11) is 1.81. The van der Waals surface area contributed by atoms with Crippen LogP contribution in [0.3, 0.4) is 0 Å². The number of hydrogen-bond donors (Lipinski definition) is 0. The van der Waals surface area contributed by atoms with Gasteiger partial charge in [0, 0.05) is 0 Å². The quantitative estimate of drug-likeness (QED) is 0.553. The van der Waals surface area contributed by atoms with Gasteiger partial charge < -0.3 is 4.52 Å². The molecule has 0 aliphatic rings. The van der Waals surface area contributed by atoms with Gasteiger partial charge in [0.25, 0.3) is 0 Å². The Hall–Kier alpha value is 0.330. The second-order valence-corrected chi connectivity index (χ2v) is 4.44. The minimum absolute atomic E-state index is 0.133. The summed E-state index contributed by atoms with van der Waals surface area (Å²) in [6.45, 7) is 4.08. The largest absolute Gasteiger partial charge is 0.451 e. The molecule has 1 unspecified atom stereocenters. The predicted octanol–water partition coefficient (Wildman–Crippen LogP) is 1.06. The van der Waals surface area contributed by atoms with Crippen molar-refractivity contribution < 1.29 is 9.32 Å². The van der Waals surface area contributed by atoms with E-state index in [1.54, 1.807) is 0 Å². The van der Waals surface area contributed by atoms with Crippen LogP contribution in [-0.4, -0.2) is 25.5 Å². The third-order valence-electron chi connectivity index (χ3n) is 0.577. The van der Waals surface area contributed by atoms with E-state index in [-0.39, 0.29) is 13.9 Å². The molecule has 0 heterocycles. The molecule has 0 spiro atoms. The van der Waals surface area contributed by atoms with E-state index < -0.39 is 0 Å². The lowest BCUT2D eigenvalue weighted by Crippen LogP contribution is -2.00. The molecule has 0 aliphatic carbocycles. The van der Waals surface area contributed by atoms with Gasteiger partial charge in [0.2, 0.25) is 0 Å². The molecular formula is C4H10O2P2. The number of rotatable bonds is 2. The second kappa shape index (κ2) is 4.23. The highest BCUT2D eigenvalue weighted by molar-refractivity contribution is 7.56. The Balaban J connectivity index is 3.25. The standard InChI is InChI=1S/C4H10O2P2/c1-8(2)3-4(5)6-7/h3,7H2,1-2H3. The molecule has 0 amide bonds. The zero-order valence-electron chi connectivity index (χ0n) is 5.05. The van der Waals surface area contributed by atoms with Crippen LogP contribution in [0.25, 0.3) is 0 Å². The van der Waals surface area contributed by atoms with Crippen molar-refractivity contribution in [3.8, 4) is 0 Å². The molecule has 8 heavy (non-hydrogen) atoms. The summed E-state index contributed by atoms with van der Waals surface area (Å²) < 4.78 is 4.35. The van der Waals surface area contributed by atoms with E-state index in [0.717, 1.165) is 0 Å². The molecule has 0 saturated heterocycles. The van der Waals surface area contributed by atoms with E-state index in [0.29, 0.717) is 6.16 Å². The lowest BCUT2D eigenvalue weighted by molar-refractivity contribution is -0.130.